The lowest BCUT2D eigenvalue weighted by Gasteiger charge is -2.10. The van der Waals surface area contributed by atoms with Crippen LogP contribution in [-0.2, 0) is 11.2 Å². The van der Waals surface area contributed by atoms with Gasteiger partial charge in [-0.05, 0) is 54.8 Å². The summed E-state index contributed by atoms with van der Waals surface area (Å²) < 4.78 is 25.7. The largest absolute Gasteiger partial charge is 0.376 e. The van der Waals surface area contributed by atoms with Crippen LogP contribution in [0.4, 0.5) is 14.5 Å². The van der Waals surface area contributed by atoms with Crippen LogP contribution in [0.25, 0.3) is 0 Å². The van der Waals surface area contributed by atoms with Gasteiger partial charge in [-0.25, -0.2) is 8.78 Å². The van der Waals surface area contributed by atoms with E-state index in [1.54, 1.807) is 25.1 Å². The Kier molecular flexibility index (Phi) is 5.47. The molecule has 0 heterocycles. The molecule has 1 amide bonds. The SMILES string of the molecule is Cc1cc(F)ccc1NCC(=O)NCCc1ccc(F)cc1. The van der Waals surface area contributed by atoms with Crippen molar-refractivity contribution in [1.29, 1.82) is 0 Å². The average molecular weight is 304 g/mol. The molecule has 2 aromatic rings. The zero-order chi connectivity index (χ0) is 15.9. The molecular weight excluding hydrogens is 286 g/mol. The molecule has 0 aliphatic carbocycles. The normalized spacial score (nSPS) is 10.3. The predicted molar refractivity (Wildman–Crippen MR) is 82.7 cm³/mol. The molecule has 0 spiro atoms. The van der Waals surface area contributed by atoms with E-state index in [1.807, 2.05) is 0 Å². The highest BCUT2D eigenvalue weighted by atomic mass is 19.1. The second kappa shape index (κ2) is 7.54. The molecule has 0 aliphatic heterocycles. The van der Waals surface area contributed by atoms with Gasteiger partial charge in [0.05, 0.1) is 6.54 Å². The molecule has 0 unspecified atom stereocenters. The standard InChI is InChI=1S/C17H18F2N2O/c1-12-10-15(19)6-7-16(12)21-11-17(22)20-9-8-13-2-4-14(18)5-3-13/h2-7,10,21H,8-9,11H2,1H3,(H,20,22). The van der Waals surface area contributed by atoms with Crippen LogP contribution >= 0.6 is 0 Å². The maximum absolute atomic E-state index is 13.0. The first-order chi connectivity index (χ1) is 10.5. The molecule has 0 radical (unpaired) electrons. The topological polar surface area (TPSA) is 41.1 Å². The summed E-state index contributed by atoms with van der Waals surface area (Å²) in [5, 5.41) is 5.75. The summed E-state index contributed by atoms with van der Waals surface area (Å²) >= 11 is 0. The second-order valence-corrected chi connectivity index (χ2v) is 5.04. The van der Waals surface area contributed by atoms with Gasteiger partial charge in [0.1, 0.15) is 11.6 Å². The van der Waals surface area contributed by atoms with Crippen molar-refractivity contribution in [2.45, 2.75) is 13.3 Å². The summed E-state index contributed by atoms with van der Waals surface area (Å²) in [6, 6.07) is 10.6. The maximum atomic E-state index is 13.0. The fourth-order valence-corrected chi connectivity index (χ4v) is 2.06. The number of rotatable bonds is 6. The van der Waals surface area contributed by atoms with Crippen LogP contribution in [0.3, 0.4) is 0 Å². The van der Waals surface area contributed by atoms with Crippen LogP contribution in [0.15, 0.2) is 42.5 Å². The number of carbonyl (C=O) groups excluding carboxylic acids is 1. The number of anilines is 1. The highest BCUT2D eigenvalue weighted by Gasteiger charge is 2.04. The molecule has 2 aromatic carbocycles. The molecule has 0 atom stereocenters. The average Bonchev–Trinajstić information content (AvgIpc) is 2.48. The van der Waals surface area contributed by atoms with Gasteiger partial charge in [0.15, 0.2) is 0 Å². The predicted octanol–water partition coefficient (Wildman–Crippen LogP) is 3.04. The highest BCUT2D eigenvalue weighted by Crippen LogP contribution is 2.15. The van der Waals surface area contributed by atoms with Gasteiger partial charge in [-0.15, -0.1) is 0 Å². The summed E-state index contributed by atoms with van der Waals surface area (Å²) in [6.45, 7) is 2.38. The van der Waals surface area contributed by atoms with E-state index in [0.717, 1.165) is 16.8 Å². The van der Waals surface area contributed by atoms with Crippen LogP contribution in [0.2, 0.25) is 0 Å². The zero-order valence-electron chi connectivity index (χ0n) is 12.3. The Bertz CT molecular complexity index is 642. The lowest BCUT2D eigenvalue weighted by molar-refractivity contribution is -0.119. The molecular formula is C17H18F2N2O. The van der Waals surface area contributed by atoms with E-state index >= 15 is 0 Å². The highest BCUT2D eigenvalue weighted by molar-refractivity contribution is 5.80. The van der Waals surface area contributed by atoms with Crippen LogP contribution in [0.5, 0.6) is 0 Å². The fraction of sp³-hybridized carbons (Fsp3) is 0.235. The third kappa shape index (κ3) is 4.84. The van der Waals surface area contributed by atoms with Gasteiger partial charge in [-0.2, -0.15) is 0 Å². The molecule has 116 valence electrons. The van der Waals surface area contributed by atoms with Crippen LogP contribution in [0.1, 0.15) is 11.1 Å². The molecule has 0 saturated carbocycles. The Morgan fingerprint density at radius 3 is 2.41 bits per heavy atom. The van der Waals surface area contributed by atoms with E-state index in [4.69, 9.17) is 0 Å². The number of carbonyl (C=O) groups is 1. The number of benzene rings is 2. The van der Waals surface area contributed by atoms with Crippen LogP contribution in [-0.4, -0.2) is 19.0 Å². The summed E-state index contributed by atoms with van der Waals surface area (Å²) in [6.07, 6.45) is 0.640. The van der Waals surface area contributed by atoms with Crippen molar-refractivity contribution >= 4 is 11.6 Å². The maximum Gasteiger partial charge on any atom is 0.239 e. The zero-order valence-corrected chi connectivity index (χ0v) is 12.3. The van der Waals surface area contributed by atoms with Crippen molar-refractivity contribution in [2.75, 3.05) is 18.4 Å². The van der Waals surface area contributed by atoms with Gasteiger partial charge in [0, 0.05) is 12.2 Å². The van der Waals surface area contributed by atoms with Crippen LogP contribution in [0, 0.1) is 18.6 Å². The molecule has 0 saturated heterocycles. The number of aryl methyl sites for hydroxylation is 1. The van der Waals surface area contributed by atoms with Gasteiger partial charge >= 0.3 is 0 Å². The van der Waals surface area contributed by atoms with Gasteiger partial charge in [0.2, 0.25) is 5.91 Å². The third-order valence-corrected chi connectivity index (χ3v) is 3.28. The number of hydrogen-bond acceptors (Lipinski definition) is 2. The van der Waals surface area contributed by atoms with E-state index in [1.165, 1.54) is 24.3 Å². The van der Waals surface area contributed by atoms with E-state index in [2.05, 4.69) is 10.6 Å². The molecule has 2 N–H and O–H groups in total. The van der Waals surface area contributed by atoms with E-state index in [0.29, 0.717) is 13.0 Å². The Labute approximate surface area is 128 Å². The van der Waals surface area contributed by atoms with Crippen molar-refractivity contribution in [2.24, 2.45) is 0 Å². The van der Waals surface area contributed by atoms with Crippen molar-refractivity contribution in [3.8, 4) is 0 Å². The van der Waals surface area contributed by atoms with Crippen molar-refractivity contribution < 1.29 is 13.6 Å². The monoisotopic (exact) mass is 304 g/mol. The third-order valence-electron chi connectivity index (χ3n) is 3.28. The summed E-state index contributed by atoms with van der Waals surface area (Å²) in [4.78, 5) is 11.7. The van der Waals surface area contributed by atoms with Gasteiger partial charge in [-0.3, -0.25) is 4.79 Å². The molecule has 0 fully saturated rings. The minimum Gasteiger partial charge on any atom is -0.376 e. The van der Waals surface area contributed by atoms with Gasteiger partial charge < -0.3 is 10.6 Å². The van der Waals surface area contributed by atoms with E-state index in [-0.39, 0.29) is 24.1 Å². The molecule has 3 nitrogen and oxygen atoms in total. The molecule has 5 heteroatoms. The van der Waals surface area contributed by atoms with E-state index in [9.17, 15) is 13.6 Å². The van der Waals surface area contributed by atoms with Crippen LogP contribution < -0.4 is 10.6 Å². The molecule has 0 aliphatic rings. The first-order valence-corrected chi connectivity index (χ1v) is 7.06. The minimum atomic E-state index is -0.299. The molecule has 0 bridgehead atoms. The first-order valence-electron chi connectivity index (χ1n) is 7.06. The quantitative estimate of drug-likeness (QED) is 0.861. The summed E-state index contributed by atoms with van der Waals surface area (Å²) in [5.41, 5.74) is 2.44. The first kappa shape index (κ1) is 15.9. The lowest BCUT2D eigenvalue weighted by Crippen LogP contribution is -2.31. The van der Waals surface area contributed by atoms with E-state index < -0.39 is 0 Å². The Morgan fingerprint density at radius 1 is 1.05 bits per heavy atom. The summed E-state index contributed by atoms with van der Waals surface area (Å²) in [5.74, 6) is -0.718. The minimum absolute atomic E-state index is 0.121. The summed E-state index contributed by atoms with van der Waals surface area (Å²) in [7, 11) is 0. The van der Waals surface area contributed by atoms with Crippen molar-refractivity contribution in [1.82, 2.24) is 5.32 Å². The molecule has 22 heavy (non-hydrogen) atoms. The number of amides is 1. The van der Waals surface area contributed by atoms with Gasteiger partial charge in [0.25, 0.3) is 0 Å². The Morgan fingerprint density at radius 2 is 1.73 bits per heavy atom. The Hall–Kier alpha value is -2.43. The second-order valence-electron chi connectivity index (χ2n) is 5.04. The number of halogens is 2. The Balaban J connectivity index is 1.72. The number of nitrogens with one attached hydrogen (secondary N) is 2. The molecule has 0 aromatic heterocycles. The lowest BCUT2D eigenvalue weighted by atomic mass is 10.1. The smallest absolute Gasteiger partial charge is 0.239 e. The number of hydrogen-bond donors (Lipinski definition) is 2. The fourth-order valence-electron chi connectivity index (χ4n) is 2.06. The van der Waals surface area contributed by atoms with Crippen molar-refractivity contribution in [3.63, 3.8) is 0 Å². The van der Waals surface area contributed by atoms with Gasteiger partial charge in [-0.1, -0.05) is 12.1 Å². The van der Waals surface area contributed by atoms with Crippen molar-refractivity contribution in [3.05, 3.63) is 65.2 Å². The molecule has 2 rings (SSSR count).